The maximum atomic E-state index is 11.2. The van der Waals surface area contributed by atoms with E-state index in [1.807, 2.05) is 18.3 Å². The molecule has 0 aromatic carbocycles. The summed E-state index contributed by atoms with van der Waals surface area (Å²) in [6.07, 6.45) is 7.19. The molecule has 6 heteroatoms. The largest absolute Gasteiger partial charge is 0.308 e. The summed E-state index contributed by atoms with van der Waals surface area (Å²) in [5.74, 6) is 0.103. The van der Waals surface area contributed by atoms with Crippen LogP contribution in [0.15, 0.2) is 24.4 Å². The van der Waals surface area contributed by atoms with Gasteiger partial charge in [-0.15, -0.1) is 0 Å². The second-order valence-corrected chi connectivity index (χ2v) is 8.77. The lowest BCUT2D eigenvalue weighted by Crippen LogP contribution is -2.31. The van der Waals surface area contributed by atoms with Crippen molar-refractivity contribution in [3.8, 4) is 0 Å². The molecule has 0 saturated carbocycles. The normalized spacial score (nSPS) is 13.6. The van der Waals surface area contributed by atoms with Crippen molar-refractivity contribution < 1.29 is 10.0 Å². The minimum atomic E-state index is -0.556. The first-order valence-corrected chi connectivity index (χ1v) is 10.0. The summed E-state index contributed by atoms with van der Waals surface area (Å²) in [5.41, 5.74) is 5.48. The number of carbonyl (C=O) groups is 1. The number of carbonyl (C=O) groups excluding carboxylic acids is 1. The number of fused-ring (bicyclic) bond motifs is 1. The number of imidazole rings is 1. The molecule has 6 nitrogen and oxygen atoms in total. The summed E-state index contributed by atoms with van der Waals surface area (Å²) in [6, 6.07) is 4.38. The predicted octanol–water partition coefficient (Wildman–Crippen LogP) is 4.06. The van der Waals surface area contributed by atoms with Gasteiger partial charge >= 0.3 is 0 Å². The first-order valence-electron chi connectivity index (χ1n) is 10.0. The van der Waals surface area contributed by atoms with Gasteiger partial charge in [0.15, 0.2) is 0 Å². The third-order valence-corrected chi connectivity index (χ3v) is 4.80. The second kappa shape index (κ2) is 9.34. The minimum absolute atomic E-state index is 0.0738. The van der Waals surface area contributed by atoms with Crippen LogP contribution in [0.1, 0.15) is 71.3 Å². The van der Waals surface area contributed by atoms with Crippen LogP contribution in [0.2, 0.25) is 0 Å². The van der Waals surface area contributed by atoms with Crippen LogP contribution in [-0.2, 0) is 16.8 Å². The summed E-state index contributed by atoms with van der Waals surface area (Å²) >= 11 is 0. The zero-order valence-electron chi connectivity index (χ0n) is 17.9. The minimum Gasteiger partial charge on any atom is -0.308 e. The summed E-state index contributed by atoms with van der Waals surface area (Å²) in [5, 5.41) is 12.3. The Morgan fingerprint density at radius 2 is 2.07 bits per heavy atom. The third-order valence-electron chi connectivity index (χ3n) is 4.80. The Labute approximate surface area is 168 Å². The van der Waals surface area contributed by atoms with Crippen molar-refractivity contribution in [2.75, 3.05) is 0 Å². The van der Waals surface area contributed by atoms with E-state index in [4.69, 9.17) is 10.2 Å². The van der Waals surface area contributed by atoms with E-state index in [0.29, 0.717) is 12.0 Å². The van der Waals surface area contributed by atoms with Gasteiger partial charge in [-0.05, 0) is 42.5 Å². The average molecular weight is 387 g/mol. The standard InChI is InChI=1S/C22H34N4O2/c1-7-17(12-15(2)3)23-14-18-21(22(4,5)6)24-19-13-16(10-11-26(18)19)8-9-20(27)25-28/h8-11,13,15,17,23,28H,7,12,14H2,1-6H3,(H,25,27)/b9-8+. The van der Waals surface area contributed by atoms with Crippen LogP contribution in [0.4, 0.5) is 0 Å². The fraction of sp³-hybridized carbons (Fsp3) is 0.545. The molecular formula is C22H34N4O2. The van der Waals surface area contributed by atoms with Crippen LogP contribution in [-0.4, -0.2) is 26.5 Å². The van der Waals surface area contributed by atoms with Gasteiger partial charge in [-0.25, -0.2) is 10.5 Å². The molecule has 1 unspecified atom stereocenters. The van der Waals surface area contributed by atoms with Crippen molar-refractivity contribution in [2.24, 2.45) is 5.92 Å². The van der Waals surface area contributed by atoms with Crippen molar-refractivity contribution in [2.45, 2.75) is 72.4 Å². The average Bonchev–Trinajstić information content (AvgIpc) is 3.01. The molecule has 0 fully saturated rings. The lowest BCUT2D eigenvalue weighted by molar-refractivity contribution is -0.124. The lowest BCUT2D eigenvalue weighted by Gasteiger charge is -2.22. The first-order chi connectivity index (χ1) is 13.2. The first kappa shape index (κ1) is 22.1. The van der Waals surface area contributed by atoms with E-state index in [2.05, 4.69) is 51.3 Å². The molecular weight excluding hydrogens is 352 g/mol. The van der Waals surface area contributed by atoms with Gasteiger partial charge in [-0.2, -0.15) is 0 Å². The second-order valence-electron chi connectivity index (χ2n) is 8.77. The SMILES string of the molecule is CCC(CC(C)C)NCc1c(C(C)(C)C)nc2cc(/C=C/C(=O)NO)ccn12. The Kier molecular flexibility index (Phi) is 7.38. The molecule has 154 valence electrons. The van der Waals surface area contributed by atoms with Crippen LogP contribution < -0.4 is 10.8 Å². The Morgan fingerprint density at radius 3 is 2.64 bits per heavy atom. The van der Waals surface area contributed by atoms with Gasteiger partial charge in [0.25, 0.3) is 5.91 Å². The fourth-order valence-electron chi connectivity index (χ4n) is 3.40. The van der Waals surface area contributed by atoms with Crippen molar-refractivity contribution in [3.05, 3.63) is 41.4 Å². The molecule has 2 heterocycles. The highest BCUT2D eigenvalue weighted by molar-refractivity contribution is 5.90. The molecule has 3 N–H and O–H groups in total. The maximum Gasteiger partial charge on any atom is 0.267 e. The highest BCUT2D eigenvalue weighted by Gasteiger charge is 2.24. The molecule has 1 amide bonds. The van der Waals surface area contributed by atoms with E-state index in [-0.39, 0.29) is 5.41 Å². The Bertz CT molecular complexity index is 831. The van der Waals surface area contributed by atoms with Crippen molar-refractivity contribution in [1.29, 1.82) is 0 Å². The lowest BCUT2D eigenvalue weighted by atomic mass is 9.90. The monoisotopic (exact) mass is 386 g/mol. The number of rotatable bonds is 8. The van der Waals surface area contributed by atoms with Crippen LogP contribution in [0.3, 0.4) is 0 Å². The number of aromatic nitrogens is 2. The van der Waals surface area contributed by atoms with Gasteiger partial charge in [0.1, 0.15) is 5.65 Å². The summed E-state index contributed by atoms with van der Waals surface area (Å²) in [6.45, 7) is 14.0. The van der Waals surface area contributed by atoms with Gasteiger partial charge in [0.05, 0.1) is 11.4 Å². The van der Waals surface area contributed by atoms with E-state index in [1.165, 1.54) is 11.8 Å². The zero-order valence-corrected chi connectivity index (χ0v) is 17.9. The molecule has 2 rings (SSSR count). The van der Waals surface area contributed by atoms with Gasteiger partial charge in [0.2, 0.25) is 0 Å². The number of hydrogen-bond acceptors (Lipinski definition) is 4. The number of hydrogen-bond donors (Lipinski definition) is 3. The van der Waals surface area contributed by atoms with Crippen LogP contribution in [0.5, 0.6) is 0 Å². The van der Waals surface area contributed by atoms with Gasteiger partial charge in [0, 0.05) is 30.3 Å². The van der Waals surface area contributed by atoms with Crippen molar-refractivity contribution in [1.82, 2.24) is 20.2 Å². The molecule has 0 aliphatic carbocycles. The molecule has 0 saturated heterocycles. The molecule has 0 radical (unpaired) electrons. The van der Waals surface area contributed by atoms with E-state index < -0.39 is 5.91 Å². The Hall–Kier alpha value is -2.18. The van der Waals surface area contributed by atoms with Crippen molar-refractivity contribution in [3.63, 3.8) is 0 Å². The van der Waals surface area contributed by atoms with Crippen LogP contribution in [0, 0.1) is 5.92 Å². The van der Waals surface area contributed by atoms with E-state index >= 15 is 0 Å². The van der Waals surface area contributed by atoms with E-state index in [1.54, 1.807) is 11.6 Å². The smallest absolute Gasteiger partial charge is 0.267 e. The van der Waals surface area contributed by atoms with Gasteiger partial charge in [-0.3, -0.25) is 10.0 Å². The number of pyridine rings is 1. The number of hydroxylamine groups is 1. The number of amides is 1. The summed E-state index contributed by atoms with van der Waals surface area (Å²) < 4.78 is 2.12. The van der Waals surface area contributed by atoms with Crippen LogP contribution >= 0.6 is 0 Å². The molecule has 0 bridgehead atoms. The Balaban J connectivity index is 2.37. The summed E-state index contributed by atoms with van der Waals surface area (Å²) in [4.78, 5) is 16.1. The Morgan fingerprint density at radius 1 is 1.36 bits per heavy atom. The fourth-order valence-corrected chi connectivity index (χ4v) is 3.40. The predicted molar refractivity (Wildman–Crippen MR) is 113 cm³/mol. The number of nitrogens with zero attached hydrogens (tertiary/aromatic N) is 2. The third kappa shape index (κ3) is 5.66. The van der Waals surface area contributed by atoms with E-state index in [0.717, 1.165) is 36.3 Å². The zero-order chi connectivity index (χ0) is 20.9. The van der Waals surface area contributed by atoms with Crippen LogP contribution in [0.25, 0.3) is 11.7 Å². The van der Waals surface area contributed by atoms with Gasteiger partial charge in [-0.1, -0.05) is 41.5 Å². The summed E-state index contributed by atoms with van der Waals surface area (Å²) in [7, 11) is 0. The molecule has 0 aliphatic heterocycles. The topological polar surface area (TPSA) is 78.7 Å². The maximum absolute atomic E-state index is 11.2. The molecule has 0 aliphatic rings. The molecule has 2 aromatic heterocycles. The quantitative estimate of drug-likeness (QED) is 0.363. The van der Waals surface area contributed by atoms with Crippen molar-refractivity contribution >= 4 is 17.6 Å². The molecule has 0 spiro atoms. The highest BCUT2D eigenvalue weighted by atomic mass is 16.5. The van der Waals surface area contributed by atoms with E-state index in [9.17, 15) is 4.79 Å². The van der Waals surface area contributed by atoms with Gasteiger partial charge < -0.3 is 9.72 Å². The molecule has 1 atom stereocenters. The molecule has 2 aromatic rings. The number of nitrogens with one attached hydrogen (secondary N) is 2. The molecule has 28 heavy (non-hydrogen) atoms. The highest BCUT2D eigenvalue weighted by Crippen LogP contribution is 2.27.